The van der Waals surface area contributed by atoms with E-state index in [1.54, 1.807) is 0 Å². The van der Waals surface area contributed by atoms with Crippen LogP contribution in [0.15, 0.2) is 23.4 Å². The third-order valence-corrected chi connectivity index (χ3v) is 4.93. The molecule has 0 bridgehead atoms. The van der Waals surface area contributed by atoms with Crippen LogP contribution in [0.1, 0.15) is 52.0 Å². The summed E-state index contributed by atoms with van der Waals surface area (Å²) in [5, 5.41) is 5.38. The van der Waals surface area contributed by atoms with E-state index in [2.05, 4.69) is 43.2 Å². The third kappa shape index (κ3) is 5.15. The van der Waals surface area contributed by atoms with Crippen molar-refractivity contribution in [2.24, 2.45) is 5.92 Å². The Morgan fingerprint density at radius 1 is 1.37 bits per heavy atom. The highest BCUT2D eigenvalue weighted by Gasteiger charge is 2.19. The second-order valence-corrected chi connectivity index (χ2v) is 7.37. The van der Waals surface area contributed by atoms with Gasteiger partial charge in [0, 0.05) is 24.0 Å². The average molecular weight is 278 g/mol. The molecule has 1 N–H and O–H groups in total. The van der Waals surface area contributed by atoms with Gasteiger partial charge in [-0.3, -0.25) is 0 Å². The van der Waals surface area contributed by atoms with Gasteiger partial charge in [-0.2, -0.15) is 0 Å². The minimum Gasteiger partial charge on any atom is -0.310 e. The molecule has 0 aliphatic heterocycles. The maximum absolute atomic E-state index is 4.60. The molecule has 2 nitrogen and oxygen atoms in total. The highest BCUT2D eigenvalue weighted by atomic mass is 32.2. The van der Waals surface area contributed by atoms with Crippen LogP contribution in [0.3, 0.4) is 0 Å². The summed E-state index contributed by atoms with van der Waals surface area (Å²) in [5.41, 5.74) is 1.27. The summed E-state index contributed by atoms with van der Waals surface area (Å²) >= 11 is 1.97. The molecule has 3 heteroatoms. The van der Waals surface area contributed by atoms with Gasteiger partial charge in [-0.25, -0.2) is 4.98 Å². The van der Waals surface area contributed by atoms with E-state index in [4.69, 9.17) is 0 Å². The lowest BCUT2D eigenvalue weighted by atomic mass is 9.91. The van der Waals surface area contributed by atoms with Gasteiger partial charge in [0.25, 0.3) is 0 Å². The molecular formula is C16H26N2S. The van der Waals surface area contributed by atoms with E-state index in [1.165, 1.54) is 36.3 Å². The smallest absolute Gasteiger partial charge is 0.0962 e. The van der Waals surface area contributed by atoms with Crippen molar-refractivity contribution in [3.05, 3.63) is 23.9 Å². The number of nitrogens with zero attached hydrogens (tertiary/aromatic N) is 1. The van der Waals surface area contributed by atoms with Crippen LogP contribution >= 0.6 is 11.8 Å². The van der Waals surface area contributed by atoms with Gasteiger partial charge >= 0.3 is 0 Å². The first-order valence-electron chi connectivity index (χ1n) is 7.48. The molecule has 0 amide bonds. The number of hydrogen-bond donors (Lipinski definition) is 1. The molecule has 19 heavy (non-hydrogen) atoms. The number of nitrogens with one attached hydrogen (secondary N) is 1. The van der Waals surface area contributed by atoms with E-state index in [9.17, 15) is 0 Å². The molecule has 1 aromatic rings. The van der Waals surface area contributed by atoms with Crippen LogP contribution in [-0.2, 0) is 6.54 Å². The molecular weight excluding hydrogens is 252 g/mol. The zero-order chi connectivity index (χ0) is 13.7. The molecule has 1 aliphatic carbocycles. The minimum atomic E-state index is 0.526. The molecule has 2 unspecified atom stereocenters. The fraction of sp³-hybridized carbons (Fsp3) is 0.688. The highest BCUT2D eigenvalue weighted by molar-refractivity contribution is 7.99. The summed E-state index contributed by atoms with van der Waals surface area (Å²) in [5.74, 6) is 0.890. The molecule has 1 aliphatic rings. The van der Waals surface area contributed by atoms with Crippen molar-refractivity contribution in [2.75, 3.05) is 0 Å². The minimum absolute atomic E-state index is 0.526. The zero-order valence-electron chi connectivity index (χ0n) is 12.4. The lowest BCUT2D eigenvalue weighted by molar-refractivity contribution is 0.394. The summed E-state index contributed by atoms with van der Waals surface area (Å²) < 4.78 is 0. The molecule has 0 radical (unpaired) electrons. The fourth-order valence-corrected chi connectivity index (χ4v) is 3.87. The zero-order valence-corrected chi connectivity index (χ0v) is 13.2. The Kier molecular flexibility index (Phi) is 5.71. The Balaban J connectivity index is 1.84. The standard InChI is InChI=1S/C16H26N2S/c1-12(2)17-10-14-7-8-16(18-11-14)19-15-6-4-5-13(3)9-15/h7-8,11-13,15,17H,4-6,9-10H2,1-3H3. The lowest BCUT2D eigenvalue weighted by Crippen LogP contribution is -2.21. The average Bonchev–Trinajstić information content (AvgIpc) is 2.38. The van der Waals surface area contributed by atoms with Crippen LogP contribution in [-0.4, -0.2) is 16.3 Å². The molecule has 0 spiro atoms. The summed E-state index contributed by atoms with van der Waals surface area (Å²) in [6, 6.07) is 4.91. The quantitative estimate of drug-likeness (QED) is 0.871. The van der Waals surface area contributed by atoms with Crippen LogP contribution in [0.25, 0.3) is 0 Å². The lowest BCUT2D eigenvalue weighted by Gasteiger charge is -2.25. The Bertz CT molecular complexity index is 375. The fourth-order valence-electron chi connectivity index (χ4n) is 2.56. The van der Waals surface area contributed by atoms with Crippen LogP contribution in [0.2, 0.25) is 0 Å². The van der Waals surface area contributed by atoms with E-state index >= 15 is 0 Å². The molecule has 1 saturated carbocycles. The van der Waals surface area contributed by atoms with Gasteiger partial charge in [0.05, 0.1) is 5.03 Å². The van der Waals surface area contributed by atoms with Crippen molar-refractivity contribution in [1.29, 1.82) is 0 Å². The SMILES string of the molecule is CC1CCCC(Sc2ccc(CNC(C)C)cn2)C1. The van der Waals surface area contributed by atoms with Crippen molar-refractivity contribution >= 4 is 11.8 Å². The summed E-state index contributed by atoms with van der Waals surface area (Å²) in [6.07, 6.45) is 7.51. The van der Waals surface area contributed by atoms with Gasteiger partial charge in [-0.15, -0.1) is 11.8 Å². The summed E-state index contributed by atoms with van der Waals surface area (Å²) in [4.78, 5) is 4.60. The van der Waals surface area contributed by atoms with Crippen molar-refractivity contribution < 1.29 is 0 Å². The first-order chi connectivity index (χ1) is 9.13. The number of aromatic nitrogens is 1. The van der Waals surface area contributed by atoms with E-state index in [1.807, 2.05) is 18.0 Å². The second-order valence-electron chi connectivity index (χ2n) is 6.05. The molecule has 0 aromatic carbocycles. The van der Waals surface area contributed by atoms with E-state index in [-0.39, 0.29) is 0 Å². The van der Waals surface area contributed by atoms with E-state index in [0.29, 0.717) is 6.04 Å². The van der Waals surface area contributed by atoms with Crippen molar-refractivity contribution in [2.45, 2.75) is 69.3 Å². The highest BCUT2D eigenvalue weighted by Crippen LogP contribution is 2.35. The maximum Gasteiger partial charge on any atom is 0.0962 e. The van der Waals surface area contributed by atoms with Gasteiger partial charge in [0.1, 0.15) is 0 Å². The third-order valence-electron chi connectivity index (χ3n) is 3.69. The van der Waals surface area contributed by atoms with Crippen LogP contribution in [0.4, 0.5) is 0 Å². The van der Waals surface area contributed by atoms with Crippen molar-refractivity contribution in [1.82, 2.24) is 10.3 Å². The van der Waals surface area contributed by atoms with Gasteiger partial charge in [0.2, 0.25) is 0 Å². The van der Waals surface area contributed by atoms with Gasteiger partial charge in [0.15, 0.2) is 0 Å². The molecule has 1 heterocycles. The Morgan fingerprint density at radius 3 is 2.84 bits per heavy atom. The van der Waals surface area contributed by atoms with Crippen molar-refractivity contribution in [3.8, 4) is 0 Å². The first-order valence-corrected chi connectivity index (χ1v) is 8.36. The molecule has 0 saturated heterocycles. The first kappa shape index (κ1) is 14.9. The van der Waals surface area contributed by atoms with Crippen LogP contribution in [0, 0.1) is 5.92 Å². The van der Waals surface area contributed by atoms with Gasteiger partial charge < -0.3 is 5.32 Å². The predicted octanol–water partition coefficient (Wildman–Crippen LogP) is 4.25. The topological polar surface area (TPSA) is 24.9 Å². The molecule has 1 aromatic heterocycles. The number of thioether (sulfide) groups is 1. The number of rotatable bonds is 5. The van der Waals surface area contributed by atoms with E-state index < -0.39 is 0 Å². The van der Waals surface area contributed by atoms with Gasteiger partial charge in [-0.1, -0.05) is 39.7 Å². The number of pyridine rings is 1. The summed E-state index contributed by atoms with van der Waals surface area (Å²) in [6.45, 7) is 7.63. The monoisotopic (exact) mass is 278 g/mol. The van der Waals surface area contributed by atoms with Gasteiger partial charge in [-0.05, 0) is 30.4 Å². The Labute approximate surface area is 121 Å². The predicted molar refractivity (Wildman–Crippen MR) is 83.5 cm³/mol. The normalized spacial score (nSPS) is 23.8. The molecule has 2 rings (SSSR count). The molecule has 2 atom stereocenters. The number of hydrogen-bond acceptors (Lipinski definition) is 3. The van der Waals surface area contributed by atoms with Crippen molar-refractivity contribution in [3.63, 3.8) is 0 Å². The van der Waals surface area contributed by atoms with Crippen LogP contribution in [0.5, 0.6) is 0 Å². The largest absolute Gasteiger partial charge is 0.310 e. The Hall–Kier alpha value is -0.540. The Morgan fingerprint density at radius 2 is 2.21 bits per heavy atom. The van der Waals surface area contributed by atoms with E-state index in [0.717, 1.165) is 17.7 Å². The summed E-state index contributed by atoms with van der Waals surface area (Å²) in [7, 11) is 0. The molecule has 1 fully saturated rings. The maximum atomic E-state index is 4.60. The second kappa shape index (κ2) is 7.30. The molecule has 106 valence electrons. The van der Waals surface area contributed by atoms with Crippen LogP contribution < -0.4 is 5.32 Å².